The lowest BCUT2D eigenvalue weighted by atomic mass is 10.1. The number of ether oxygens (including phenoxy) is 1. The van der Waals surface area contributed by atoms with Crippen LogP contribution in [0.1, 0.15) is 21.7 Å². The summed E-state index contributed by atoms with van der Waals surface area (Å²) >= 11 is 0. The Morgan fingerprint density at radius 3 is 2.75 bits per heavy atom. The molecule has 7 heteroatoms. The zero-order chi connectivity index (χ0) is 14.7. The maximum Gasteiger partial charge on any atom is 0.433 e. The van der Waals surface area contributed by atoms with Crippen molar-refractivity contribution in [3.8, 4) is 5.75 Å². The summed E-state index contributed by atoms with van der Waals surface area (Å²) in [5.41, 5.74) is 0.692. The summed E-state index contributed by atoms with van der Waals surface area (Å²) in [6.45, 7) is 1.63. The van der Waals surface area contributed by atoms with Crippen molar-refractivity contribution >= 4 is 11.9 Å². The fourth-order valence-corrected chi connectivity index (χ4v) is 1.70. The van der Waals surface area contributed by atoms with Gasteiger partial charge in [-0.3, -0.25) is 10.1 Å². The molecule has 1 heterocycles. The van der Waals surface area contributed by atoms with Crippen LogP contribution in [0.25, 0.3) is 0 Å². The number of nitrogens with zero attached hydrogens (tertiary/aromatic N) is 1. The van der Waals surface area contributed by atoms with Crippen LogP contribution < -0.4 is 4.74 Å². The van der Waals surface area contributed by atoms with E-state index < -0.39 is 10.9 Å². The molecule has 0 saturated carbocycles. The minimum absolute atomic E-state index is 0.0334. The van der Waals surface area contributed by atoms with Crippen molar-refractivity contribution in [2.45, 2.75) is 13.5 Å². The Morgan fingerprint density at radius 2 is 2.15 bits per heavy atom. The van der Waals surface area contributed by atoms with Crippen molar-refractivity contribution in [1.29, 1.82) is 0 Å². The van der Waals surface area contributed by atoms with Crippen molar-refractivity contribution in [2.24, 2.45) is 0 Å². The molecule has 0 saturated heterocycles. The molecule has 0 aliphatic carbocycles. The smallest absolute Gasteiger partial charge is 0.433 e. The second-order valence-corrected chi connectivity index (χ2v) is 4.04. The number of carbonyl (C=O) groups is 1. The first kappa shape index (κ1) is 13.6. The number of benzene rings is 1. The molecule has 20 heavy (non-hydrogen) atoms. The van der Waals surface area contributed by atoms with Crippen LogP contribution in [0.5, 0.6) is 5.75 Å². The molecule has 0 atom stereocenters. The number of para-hydroxylation sites is 1. The molecule has 0 aliphatic heterocycles. The van der Waals surface area contributed by atoms with Gasteiger partial charge in [0.2, 0.25) is 0 Å². The van der Waals surface area contributed by atoms with E-state index in [-0.39, 0.29) is 29.6 Å². The fraction of sp³-hybridized carbons (Fsp3) is 0.154. The van der Waals surface area contributed by atoms with Gasteiger partial charge in [0.25, 0.3) is 0 Å². The maximum absolute atomic E-state index is 11.1. The van der Waals surface area contributed by atoms with Crippen molar-refractivity contribution in [3.05, 3.63) is 57.3 Å². The molecule has 0 unspecified atom stereocenters. The average molecular weight is 277 g/mol. The van der Waals surface area contributed by atoms with E-state index in [0.29, 0.717) is 5.56 Å². The van der Waals surface area contributed by atoms with Gasteiger partial charge < -0.3 is 14.3 Å². The van der Waals surface area contributed by atoms with E-state index in [9.17, 15) is 14.9 Å². The van der Waals surface area contributed by atoms with E-state index in [0.717, 1.165) is 0 Å². The number of furan rings is 1. The molecular weight excluding hydrogens is 266 g/mol. The Hall–Kier alpha value is -2.83. The molecule has 0 aliphatic rings. The number of aromatic carboxylic acids is 1. The van der Waals surface area contributed by atoms with Gasteiger partial charge >= 0.3 is 11.9 Å². The van der Waals surface area contributed by atoms with E-state index in [1.54, 1.807) is 19.1 Å². The number of nitro groups is 1. The van der Waals surface area contributed by atoms with Crippen LogP contribution in [0.15, 0.2) is 34.7 Å². The number of rotatable bonds is 5. The van der Waals surface area contributed by atoms with Crippen LogP contribution in [0.3, 0.4) is 0 Å². The van der Waals surface area contributed by atoms with Crippen LogP contribution in [-0.2, 0) is 6.61 Å². The third-order valence-electron chi connectivity index (χ3n) is 2.63. The third kappa shape index (κ3) is 2.77. The Morgan fingerprint density at radius 1 is 1.40 bits per heavy atom. The molecule has 1 N–H and O–H groups in total. The number of aryl methyl sites for hydroxylation is 1. The number of carboxylic acid groups (broad SMARTS) is 1. The van der Waals surface area contributed by atoms with Gasteiger partial charge in [-0.15, -0.1) is 0 Å². The molecule has 0 bridgehead atoms. The van der Waals surface area contributed by atoms with Gasteiger partial charge in [0, 0.05) is 0 Å². The first-order valence-electron chi connectivity index (χ1n) is 5.68. The molecule has 1 aromatic heterocycles. The lowest BCUT2D eigenvalue weighted by Crippen LogP contribution is -2.04. The van der Waals surface area contributed by atoms with E-state index in [4.69, 9.17) is 14.3 Å². The summed E-state index contributed by atoms with van der Waals surface area (Å²) in [5, 5.41) is 19.6. The lowest BCUT2D eigenvalue weighted by molar-refractivity contribution is -0.402. The Balaban J connectivity index is 2.18. The Kier molecular flexibility index (Phi) is 3.69. The highest BCUT2D eigenvalue weighted by molar-refractivity contribution is 5.91. The summed E-state index contributed by atoms with van der Waals surface area (Å²) in [6, 6.07) is 7.39. The fourth-order valence-electron chi connectivity index (χ4n) is 1.70. The van der Waals surface area contributed by atoms with E-state index in [2.05, 4.69) is 0 Å². The zero-order valence-corrected chi connectivity index (χ0v) is 10.5. The van der Waals surface area contributed by atoms with Gasteiger partial charge in [-0.1, -0.05) is 12.1 Å². The molecule has 2 aromatic rings. The molecule has 0 radical (unpaired) electrons. The van der Waals surface area contributed by atoms with Gasteiger partial charge in [-0.25, -0.2) is 4.79 Å². The predicted molar refractivity (Wildman–Crippen MR) is 67.8 cm³/mol. The maximum atomic E-state index is 11.1. The summed E-state index contributed by atoms with van der Waals surface area (Å²) in [7, 11) is 0. The molecule has 104 valence electrons. The minimum Gasteiger partial charge on any atom is -0.484 e. The van der Waals surface area contributed by atoms with Gasteiger partial charge in [0.1, 0.15) is 28.6 Å². The van der Waals surface area contributed by atoms with Crippen molar-refractivity contribution < 1.29 is 24.0 Å². The van der Waals surface area contributed by atoms with Crippen molar-refractivity contribution in [1.82, 2.24) is 0 Å². The Bertz CT molecular complexity index is 661. The number of hydrogen-bond donors (Lipinski definition) is 1. The predicted octanol–water partition coefficient (Wildman–Crippen LogP) is 2.77. The minimum atomic E-state index is -1.10. The van der Waals surface area contributed by atoms with Crippen LogP contribution in [0.2, 0.25) is 0 Å². The molecule has 2 rings (SSSR count). The molecule has 0 amide bonds. The molecule has 7 nitrogen and oxygen atoms in total. The monoisotopic (exact) mass is 277 g/mol. The number of hydrogen-bond acceptors (Lipinski definition) is 5. The first-order chi connectivity index (χ1) is 9.49. The lowest BCUT2D eigenvalue weighted by Gasteiger charge is -2.10. The van der Waals surface area contributed by atoms with Gasteiger partial charge in [-0.2, -0.15) is 0 Å². The van der Waals surface area contributed by atoms with Gasteiger partial charge in [0.05, 0.1) is 6.07 Å². The molecule has 0 spiro atoms. The highest BCUT2D eigenvalue weighted by Crippen LogP contribution is 2.25. The van der Waals surface area contributed by atoms with Crippen LogP contribution in [-0.4, -0.2) is 16.0 Å². The highest BCUT2D eigenvalue weighted by atomic mass is 16.6. The van der Waals surface area contributed by atoms with Crippen molar-refractivity contribution in [2.75, 3.05) is 0 Å². The molecule has 0 fully saturated rings. The molecular formula is C13H11NO6. The van der Waals surface area contributed by atoms with Crippen molar-refractivity contribution in [3.63, 3.8) is 0 Å². The van der Waals surface area contributed by atoms with Crippen LogP contribution >= 0.6 is 0 Å². The second kappa shape index (κ2) is 5.43. The highest BCUT2D eigenvalue weighted by Gasteiger charge is 2.16. The topological polar surface area (TPSA) is 103 Å². The standard InChI is InChI=1S/C13H11NO6/c1-8-3-2-4-10(13(15)16)12(8)19-7-9-5-6-11(20-9)14(17)18/h2-6H,7H2,1H3,(H,15,16). The van der Waals surface area contributed by atoms with E-state index >= 15 is 0 Å². The van der Waals surface area contributed by atoms with Gasteiger partial charge in [-0.05, 0) is 24.6 Å². The quantitative estimate of drug-likeness (QED) is 0.665. The largest absolute Gasteiger partial charge is 0.484 e. The third-order valence-corrected chi connectivity index (χ3v) is 2.63. The molecule has 1 aromatic carbocycles. The van der Waals surface area contributed by atoms with E-state index in [1.165, 1.54) is 18.2 Å². The zero-order valence-electron chi connectivity index (χ0n) is 10.5. The average Bonchev–Trinajstić information content (AvgIpc) is 2.86. The normalized spacial score (nSPS) is 10.2. The summed E-state index contributed by atoms with van der Waals surface area (Å²) in [4.78, 5) is 20.9. The second-order valence-electron chi connectivity index (χ2n) is 4.04. The first-order valence-corrected chi connectivity index (χ1v) is 5.68. The Labute approximate surface area is 113 Å². The summed E-state index contributed by atoms with van der Waals surface area (Å²) in [6.07, 6.45) is 0. The van der Waals surface area contributed by atoms with Crippen LogP contribution in [0.4, 0.5) is 5.88 Å². The van der Waals surface area contributed by atoms with Crippen LogP contribution in [0, 0.1) is 17.0 Å². The summed E-state index contributed by atoms with van der Waals surface area (Å²) < 4.78 is 10.3. The van der Waals surface area contributed by atoms with E-state index in [1.807, 2.05) is 0 Å². The number of carboxylic acids is 1. The SMILES string of the molecule is Cc1cccc(C(=O)O)c1OCc1ccc([N+](=O)[O-])o1. The van der Waals surface area contributed by atoms with Gasteiger partial charge in [0.15, 0.2) is 0 Å². The summed E-state index contributed by atoms with van der Waals surface area (Å²) in [5.74, 6) is -1.02.